The summed E-state index contributed by atoms with van der Waals surface area (Å²) in [7, 11) is 0. The van der Waals surface area contributed by atoms with Crippen molar-refractivity contribution in [1.82, 2.24) is 15.1 Å². The van der Waals surface area contributed by atoms with E-state index in [2.05, 4.69) is 10.1 Å². The predicted octanol–water partition coefficient (Wildman–Crippen LogP) is 0.00910. The summed E-state index contributed by atoms with van der Waals surface area (Å²) in [6.07, 6.45) is 2.41. The zero-order valence-electron chi connectivity index (χ0n) is 14.5. The van der Waals surface area contributed by atoms with Crippen molar-refractivity contribution in [3.05, 3.63) is 0 Å². The number of nitrogens with one attached hydrogen (secondary N) is 1. The fourth-order valence-electron chi connectivity index (χ4n) is 3.65. The number of rotatable bonds is 4. The Labute approximate surface area is 149 Å². The van der Waals surface area contributed by atoms with E-state index in [0.29, 0.717) is 6.42 Å². The van der Waals surface area contributed by atoms with Gasteiger partial charge in [0.15, 0.2) is 6.61 Å². The zero-order chi connectivity index (χ0) is 18.9. The molecule has 0 aromatic rings. The van der Waals surface area contributed by atoms with Crippen molar-refractivity contribution in [1.29, 1.82) is 0 Å². The summed E-state index contributed by atoms with van der Waals surface area (Å²) in [5, 5.41) is 2.73. The third-order valence-electron chi connectivity index (χ3n) is 5.21. The molecule has 1 saturated carbocycles. The average Bonchev–Trinajstić information content (AvgIpc) is 3.13. The van der Waals surface area contributed by atoms with Crippen LogP contribution in [0.5, 0.6) is 0 Å². The largest absolute Gasteiger partial charge is 0.454 e. The van der Waals surface area contributed by atoms with Crippen molar-refractivity contribution < 1.29 is 33.4 Å². The minimum Gasteiger partial charge on any atom is -0.454 e. The molecular formula is C16H21N3O7. The van der Waals surface area contributed by atoms with Crippen molar-refractivity contribution in [2.75, 3.05) is 26.3 Å². The average molecular weight is 367 g/mol. The highest BCUT2D eigenvalue weighted by Gasteiger charge is 2.55. The molecule has 3 aliphatic rings. The molecule has 2 atom stereocenters. The van der Waals surface area contributed by atoms with Crippen molar-refractivity contribution in [3.8, 4) is 0 Å². The van der Waals surface area contributed by atoms with Crippen LogP contribution in [-0.4, -0.2) is 71.6 Å². The molecule has 26 heavy (non-hydrogen) atoms. The lowest BCUT2D eigenvalue weighted by atomic mass is 9.73. The smallest absolute Gasteiger partial charge is 0.416 e. The summed E-state index contributed by atoms with van der Waals surface area (Å²) in [4.78, 5) is 61.6. The van der Waals surface area contributed by atoms with Gasteiger partial charge in [-0.1, -0.05) is 19.8 Å². The summed E-state index contributed by atoms with van der Waals surface area (Å²) < 4.78 is 9.44. The topological polar surface area (TPSA) is 122 Å². The van der Waals surface area contributed by atoms with Gasteiger partial charge in [0.05, 0.1) is 6.54 Å². The van der Waals surface area contributed by atoms with E-state index in [0.717, 1.165) is 29.1 Å². The van der Waals surface area contributed by atoms with E-state index in [4.69, 9.17) is 4.74 Å². The fourth-order valence-corrected chi connectivity index (χ4v) is 3.65. The molecule has 3 rings (SSSR count). The zero-order valence-corrected chi connectivity index (χ0v) is 14.5. The molecule has 10 nitrogen and oxygen atoms in total. The lowest BCUT2D eigenvalue weighted by Crippen LogP contribution is -2.54. The molecule has 5 amide bonds. The van der Waals surface area contributed by atoms with Gasteiger partial charge in [-0.25, -0.2) is 14.5 Å². The molecular weight excluding hydrogens is 346 g/mol. The van der Waals surface area contributed by atoms with Crippen molar-refractivity contribution in [2.45, 2.75) is 38.1 Å². The van der Waals surface area contributed by atoms with Gasteiger partial charge in [0, 0.05) is 0 Å². The van der Waals surface area contributed by atoms with Crippen molar-refractivity contribution in [3.63, 3.8) is 0 Å². The van der Waals surface area contributed by atoms with Crippen LogP contribution in [0.15, 0.2) is 0 Å². The van der Waals surface area contributed by atoms with Gasteiger partial charge in [0.2, 0.25) is 0 Å². The maximum atomic E-state index is 12.7. The standard InChI is InChI=1S/C16H21N3O7/c1-10-4-2-3-5-16(10)13(22)19(14(23)17-16)8-12(21)26-9-11(20)18-6-7-25-15(18)24/h10H,2-9H2,1H3,(H,17,23)/t10-,16+/m1/s1. The molecule has 2 aliphatic heterocycles. The monoisotopic (exact) mass is 367 g/mol. The SMILES string of the molecule is C[C@@H]1CCCC[C@]12NC(=O)N(CC(=O)OCC(=O)N1CCOC1=O)C2=O. The van der Waals surface area contributed by atoms with Gasteiger partial charge in [0.25, 0.3) is 11.8 Å². The second-order valence-corrected chi connectivity index (χ2v) is 6.76. The first-order valence-corrected chi connectivity index (χ1v) is 8.62. The number of urea groups is 1. The van der Waals surface area contributed by atoms with Crippen LogP contribution >= 0.6 is 0 Å². The predicted molar refractivity (Wildman–Crippen MR) is 84.6 cm³/mol. The molecule has 0 bridgehead atoms. The number of carbonyl (C=O) groups excluding carboxylic acids is 5. The molecule has 1 aliphatic carbocycles. The third-order valence-corrected chi connectivity index (χ3v) is 5.21. The molecule has 2 saturated heterocycles. The number of carbonyl (C=O) groups is 5. The lowest BCUT2D eigenvalue weighted by molar-refractivity contribution is -0.153. The van der Waals surface area contributed by atoms with Crippen LogP contribution in [0.25, 0.3) is 0 Å². The van der Waals surface area contributed by atoms with E-state index >= 15 is 0 Å². The summed E-state index contributed by atoms with van der Waals surface area (Å²) >= 11 is 0. The molecule has 0 radical (unpaired) electrons. The van der Waals surface area contributed by atoms with E-state index in [-0.39, 0.29) is 19.1 Å². The van der Waals surface area contributed by atoms with Crippen LogP contribution in [0, 0.1) is 5.92 Å². The number of amides is 5. The van der Waals surface area contributed by atoms with Crippen LogP contribution in [0.1, 0.15) is 32.6 Å². The van der Waals surface area contributed by atoms with Gasteiger partial charge in [-0.05, 0) is 18.8 Å². The van der Waals surface area contributed by atoms with E-state index in [1.54, 1.807) is 0 Å². The van der Waals surface area contributed by atoms with Gasteiger partial charge in [-0.15, -0.1) is 0 Å². The quantitative estimate of drug-likeness (QED) is 0.548. The number of hydrogen-bond acceptors (Lipinski definition) is 7. The lowest BCUT2D eigenvalue weighted by Gasteiger charge is -2.36. The summed E-state index contributed by atoms with van der Waals surface area (Å²) in [5.74, 6) is -2.05. The number of imide groups is 2. The second kappa shape index (κ2) is 6.93. The Kier molecular flexibility index (Phi) is 4.84. The Morgan fingerprint density at radius 2 is 2.08 bits per heavy atom. The van der Waals surface area contributed by atoms with Gasteiger partial charge >= 0.3 is 18.1 Å². The van der Waals surface area contributed by atoms with Crippen LogP contribution in [0.2, 0.25) is 0 Å². The molecule has 0 aromatic heterocycles. The maximum Gasteiger partial charge on any atom is 0.416 e. The Balaban J connectivity index is 1.55. The Hall–Kier alpha value is -2.65. The normalized spacial score (nSPS) is 28.3. The molecule has 3 fully saturated rings. The third kappa shape index (κ3) is 3.11. The molecule has 0 unspecified atom stereocenters. The number of cyclic esters (lactones) is 1. The van der Waals surface area contributed by atoms with E-state index in [1.165, 1.54) is 0 Å². The number of nitrogens with zero attached hydrogens (tertiary/aromatic N) is 2. The highest BCUT2D eigenvalue weighted by molar-refractivity contribution is 6.09. The summed E-state index contributed by atoms with van der Waals surface area (Å²) in [5.41, 5.74) is -0.954. The first-order chi connectivity index (χ1) is 12.3. The number of esters is 1. The number of ether oxygens (including phenoxy) is 2. The van der Waals surface area contributed by atoms with Gasteiger partial charge in [-0.3, -0.25) is 19.3 Å². The highest BCUT2D eigenvalue weighted by atomic mass is 16.6. The molecule has 142 valence electrons. The van der Waals surface area contributed by atoms with Gasteiger partial charge in [-0.2, -0.15) is 0 Å². The van der Waals surface area contributed by atoms with E-state index in [9.17, 15) is 24.0 Å². The van der Waals surface area contributed by atoms with E-state index in [1.807, 2.05) is 6.92 Å². The fraction of sp³-hybridized carbons (Fsp3) is 0.688. The summed E-state index contributed by atoms with van der Waals surface area (Å²) in [6, 6.07) is -0.629. The van der Waals surface area contributed by atoms with Gasteiger partial charge in [0.1, 0.15) is 18.7 Å². The minimum atomic E-state index is -0.954. The number of hydrogen-bond donors (Lipinski definition) is 1. The van der Waals surface area contributed by atoms with Crippen LogP contribution in [-0.2, 0) is 23.9 Å². The molecule has 0 aromatic carbocycles. The Morgan fingerprint density at radius 1 is 1.31 bits per heavy atom. The maximum absolute atomic E-state index is 12.7. The van der Waals surface area contributed by atoms with Gasteiger partial charge < -0.3 is 14.8 Å². The van der Waals surface area contributed by atoms with Crippen LogP contribution < -0.4 is 5.32 Å². The Bertz CT molecular complexity index is 664. The molecule has 2 heterocycles. The molecule has 1 N–H and O–H groups in total. The summed E-state index contributed by atoms with van der Waals surface area (Å²) in [6.45, 7) is 0.882. The van der Waals surface area contributed by atoms with Crippen molar-refractivity contribution in [2.24, 2.45) is 5.92 Å². The minimum absolute atomic E-state index is 0.0172. The molecule has 10 heteroatoms. The first-order valence-electron chi connectivity index (χ1n) is 8.62. The molecule has 1 spiro atoms. The highest BCUT2D eigenvalue weighted by Crippen LogP contribution is 2.38. The first kappa shape index (κ1) is 18.2. The van der Waals surface area contributed by atoms with Crippen LogP contribution in [0.4, 0.5) is 9.59 Å². The second-order valence-electron chi connectivity index (χ2n) is 6.76. The van der Waals surface area contributed by atoms with Crippen molar-refractivity contribution >= 4 is 29.9 Å². The van der Waals surface area contributed by atoms with Crippen LogP contribution in [0.3, 0.4) is 0 Å². The van der Waals surface area contributed by atoms with E-state index < -0.39 is 48.6 Å². The Morgan fingerprint density at radius 3 is 2.73 bits per heavy atom.